The fourth-order valence-corrected chi connectivity index (χ4v) is 3.16. The number of nitrogens with one attached hydrogen (secondary N) is 2. The molecule has 0 bridgehead atoms. The van der Waals surface area contributed by atoms with Gasteiger partial charge in [0.25, 0.3) is 0 Å². The summed E-state index contributed by atoms with van der Waals surface area (Å²) in [4.78, 5) is 29.8. The maximum atomic E-state index is 12.9. The van der Waals surface area contributed by atoms with Gasteiger partial charge in [-0.05, 0) is 18.2 Å². The highest BCUT2D eigenvalue weighted by molar-refractivity contribution is 6.52. The van der Waals surface area contributed by atoms with Crippen LogP contribution in [0.5, 0.6) is 5.75 Å². The minimum atomic E-state index is -0.567. The number of aromatic nitrogens is 3. The third kappa shape index (κ3) is 3.62. The van der Waals surface area contributed by atoms with Crippen LogP contribution in [-0.2, 0) is 0 Å². The summed E-state index contributed by atoms with van der Waals surface area (Å²) in [5, 5.41) is 20.7. The fourth-order valence-electron chi connectivity index (χ4n) is 3.16. The van der Waals surface area contributed by atoms with E-state index in [-0.39, 0.29) is 33.9 Å². The topological polar surface area (TPSA) is 121 Å². The number of ether oxygens (including phenoxy) is 1. The Bertz CT molecular complexity index is 1340. The lowest BCUT2D eigenvalue weighted by atomic mass is 9.96. The van der Waals surface area contributed by atoms with E-state index in [0.29, 0.717) is 11.2 Å². The molecule has 2 heterocycles. The van der Waals surface area contributed by atoms with Crippen LogP contribution in [0.2, 0.25) is 0 Å². The van der Waals surface area contributed by atoms with E-state index in [1.807, 2.05) is 0 Å². The minimum absolute atomic E-state index is 0.154. The van der Waals surface area contributed by atoms with E-state index in [2.05, 4.69) is 10.1 Å². The molecule has 4 rings (SSSR count). The van der Waals surface area contributed by atoms with Crippen LogP contribution in [0.25, 0.3) is 5.65 Å². The standard InChI is InChI=1S/C23H17N5O3/c1-31-18-12-15(21(29)19(24)14-6-3-2-4-7-14)8-9-16(18)20(25)22(30)17-13-27-28-11-5-10-26-23(17)28/h2-13,24-25H,1H3. The summed E-state index contributed by atoms with van der Waals surface area (Å²) in [7, 11) is 1.39. The van der Waals surface area contributed by atoms with Crippen molar-refractivity contribution in [3.63, 3.8) is 0 Å². The summed E-state index contributed by atoms with van der Waals surface area (Å²) >= 11 is 0. The van der Waals surface area contributed by atoms with E-state index < -0.39 is 11.6 Å². The quantitative estimate of drug-likeness (QED) is 0.357. The number of nitrogens with zero attached hydrogens (tertiary/aromatic N) is 3. The van der Waals surface area contributed by atoms with Crippen LogP contribution in [0, 0.1) is 10.8 Å². The smallest absolute Gasteiger partial charge is 0.216 e. The van der Waals surface area contributed by atoms with Gasteiger partial charge in [0.15, 0.2) is 5.65 Å². The zero-order chi connectivity index (χ0) is 22.0. The molecule has 2 aromatic carbocycles. The van der Waals surface area contributed by atoms with Gasteiger partial charge in [-0.2, -0.15) is 5.10 Å². The first-order chi connectivity index (χ1) is 15.0. The van der Waals surface area contributed by atoms with Crippen LogP contribution in [0.15, 0.2) is 73.2 Å². The molecule has 0 spiro atoms. The first kappa shape index (κ1) is 19.8. The average Bonchev–Trinajstić information content (AvgIpc) is 3.26. The van der Waals surface area contributed by atoms with E-state index in [1.54, 1.807) is 48.8 Å². The Balaban J connectivity index is 1.65. The lowest BCUT2D eigenvalue weighted by Crippen LogP contribution is -2.18. The largest absolute Gasteiger partial charge is 0.496 e. The Morgan fingerprint density at radius 1 is 0.903 bits per heavy atom. The van der Waals surface area contributed by atoms with Crippen molar-refractivity contribution in [2.75, 3.05) is 7.11 Å². The molecule has 0 atom stereocenters. The molecule has 8 heteroatoms. The molecular formula is C23H17N5O3. The molecular weight excluding hydrogens is 394 g/mol. The van der Waals surface area contributed by atoms with Gasteiger partial charge in [-0.3, -0.25) is 20.4 Å². The molecule has 8 nitrogen and oxygen atoms in total. The van der Waals surface area contributed by atoms with E-state index in [9.17, 15) is 9.59 Å². The number of benzene rings is 2. The zero-order valence-corrected chi connectivity index (χ0v) is 16.5. The molecule has 2 aromatic heterocycles. The molecule has 2 N–H and O–H groups in total. The first-order valence-electron chi connectivity index (χ1n) is 9.30. The third-order valence-electron chi connectivity index (χ3n) is 4.77. The van der Waals surface area contributed by atoms with Gasteiger partial charge in [-0.15, -0.1) is 0 Å². The van der Waals surface area contributed by atoms with Crippen molar-refractivity contribution < 1.29 is 14.3 Å². The highest BCUT2D eigenvalue weighted by Crippen LogP contribution is 2.24. The monoisotopic (exact) mass is 411 g/mol. The van der Waals surface area contributed by atoms with Crippen LogP contribution in [0.3, 0.4) is 0 Å². The van der Waals surface area contributed by atoms with Gasteiger partial charge in [0.1, 0.15) is 17.2 Å². The summed E-state index contributed by atoms with van der Waals surface area (Å²) in [6.45, 7) is 0. The molecule has 0 aliphatic heterocycles. The third-order valence-corrected chi connectivity index (χ3v) is 4.77. The maximum Gasteiger partial charge on any atom is 0.216 e. The number of methoxy groups -OCH3 is 1. The summed E-state index contributed by atoms with van der Waals surface area (Å²) in [5.74, 6) is -0.863. The van der Waals surface area contributed by atoms with Crippen molar-refractivity contribution in [2.24, 2.45) is 0 Å². The van der Waals surface area contributed by atoms with Crippen molar-refractivity contribution in [1.82, 2.24) is 14.6 Å². The van der Waals surface area contributed by atoms with E-state index in [1.165, 1.54) is 36.0 Å². The van der Waals surface area contributed by atoms with Gasteiger partial charge in [0.05, 0.1) is 18.9 Å². The Hall–Kier alpha value is -4.46. The molecule has 0 radical (unpaired) electrons. The van der Waals surface area contributed by atoms with Crippen molar-refractivity contribution >= 4 is 28.6 Å². The predicted octanol–water partition coefficient (Wildman–Crippen LogP) is 3.24. The molecule has 0 saturated carbocycles. The molecule has 0 aliphatic carbocycles. The molecule has 4 aromatic rings. The molecule has 0 fully saturated rings. The average molecular weight is 411 g/mol. The molecule has 0 amide bonds. The molecule has 0 unspecified atom stereocenters. The number of Topliss-reactive ketones (excluding diaryl/α,β-unsaturated/α-hetero) is 2. The summed E-state index contributed by atoms with van der Waals surface area (Å²) in [6, 6.07) is 14.8. The number of carbonyl (C=O) groups is 2. The number of hydrogen-bond donors (Lipinski definition) is 2. The Morgan fingerprint density at radius 2 is 1.68 bits per heavy atom. The molecule has 31 heavy (non-hydrogen) atoms. The second kappa shape index (κ2) is 8.11. The van der Waals surface area contributed by atoms with Gasteiger partial charge < -0.3 is 4.74 Å². The van der Waals surface area contributed by atoms with Crippen LogP contribution >= 0.6 is 0 Å². The second-order valence-corrected chi connectivity index (χ2v) is 6.64. The Morgan fingerprint density at radius 3 is 2.42 bits per heavy atom. The molecule has 0 aliphatic rings. The van der Waals surface area contributed by atoms with Crippen molar-refractivity contribution in [3.05, 3.63) is 95.4 Å². The van der Waals surface area contributed by atoms with Crippen molar-refractivity contribution in [1.29, 1.82) is 10.8 Å². The lowest BCUT2D eigenvalue weighted by molar-refractivity contribution is 0.105. The Labute approximate surface area is 177 Å². The summed E-state index contributed by atoms with van der Waals surface area (Å²) in [6.07, 6.45) is 4.57. The summed E-state index contributed by atoms with van der Waals surface area (Å²) < 4.78 is 6.80. The Kier molecular flexibility index (Phi) is 5.19. The van der Waals surface area contributed by atoms with Gasteiger partial charge in [0.2, 0.25) is 11.6 Å². The van der Waals surface area contributed by atoms with Crippen LogP contribution < -0.4 is 4.74 Å². The van der Waals surface area contributed by atoms with Crippen LogP contribution in [0.1, 0.15) is 31.8 Å². The number of rotatable bonds is 7. The van der Waals surface area contributed by atoms with Gasteiger partial charge in [-0.25, -0.2) is 9.50 Å². The van der Waals surface area contributed by atoms with Crippen LogP contribution in [0.4, 0.5) is 0 Å². The highest BCUT2D eigenvalue weighted by Gasteiger charge is 2.24. The SMILES string of the molecule is COc1cc(C(=O)C(=N)c2ccccc2)ccc1C(=N)C(=O)c1cnn2cccnc12. The lowest BCUT2D eigenvalue weighted by Gasteiger charge is -2.11. The summed E-state index contributed by atoms with van der Waals surface area (Å²) in [5.41, 5.74) is 1.03. The first-order valence-corrected chi connectivity index (χ1v) is 9.30. The zero-order valence-electron chi connectivity index (χ0n) is 16.5. The fraction of sp³-hybridized carbons (Fsp3) is 0.0435. The maximum absolute atomic E-state index is 12.9. The normalized spacial score (nSPS) is 10.6. The number of carbonyl (C=O) groups excluding carboxylic acids is 2. The number of ketones is 2. The van der Waals surface area contributed by atoms with E-state index in [4.69, 9.17) is 15.6 Å². The van der Waals surface area contributed by atoms with Gasteiger partial charge in [0, 0.05) is 29.1 Å². The van der Waals surface area contributed by atoms with E-state index in [0.717, 1.165) is 0 Å². The number of hydrogen-bond acceptors (Lipinski definition) is 7. The molecule has 152 valence electrons. The molecule has 0 saturated heterocycles. The van der Waals surface area contributed by atoms with Crippen molar-refractivity contribution in [2.45, 2.75) is 0 Å². The minimum Gasteiger partial charge on any atom is -0.496 e. The van der Waals surface area contributed by atoms with Crippen LogP contribution in [-0.4, -0.2) is 44.7 Å². The predicted molar refractivity (Wildman–Crippen MR) is 115 cm³/mol. The van der Waals surface area contributed by atoms with Gasteiger partial charge >= 0.3 is 0 Å². The highest BCUT2D eigenvalue weighted by atomic mass is 16.5. The van der Waals surface area contributed by atoms with Gasteiger partial charge in [-0.1, -0.05) is 36.4 Å². The number of fused-ring (bicyclic) bond motifs is 1. The van der Waals surface area contributed by atoms with Crippen molar-refractivity contribution in [3.8, 4) is 5.75 Å². The van der Waals surface area contributed by atoms with E-state index >= 15 is 0 Å². The second-order valence-electron chi connectivity index (χ2n) is 6.64.